The summed E-state index contributed by atoms with van der Waals surface area (Å²) in [6, 6.07) is 15.0. The van der Waals surface area contributed by atoms with Crippen LogP contribution in [-0.2, 0) is 14.3 Å². The second-order valence-corrected chi connectivity index (χ2v) is 10.0. The summed E-state index contributed by atoms with van der Waals surface area (Å²) in [4.78, 5) is 37.2. The zero-order chi connectivity index (χ0) is 24.4. The maximum absolute atomic E-state index is 13.1. The molecule has 2 fully saturated rings. The van der Waals surface area contributed by atoms with Crippen LogP contribution in [0, 0.1) is 11.8 Å². The summed E-state index contributed by atoms with van der Waals surface area (Å²) in [5.74, 6) is -0.799. The third kappa shape index (κ3) is 4.90. The summed E-state index contributed by atoms with van der Waals surface area (Å²) in [7, 11) is 0. The fourth-order valence-electron chi connectivity index (χ4n) is 5.65. The number of alkyl carbamates (subject to hydrolysis) is 1. The third-order valence-electron chi connectivity index (χ3n) is 7.96. The molecule has 2 amide bonds. The van der Waals surface area contributed by atoms with E-state index in [-0.39, 0.29) is 18.6 Å². The van der Waals surface area contributed by atoms with Crippen molar-refractivity contribution in [2.75, 3.05) is 6.61 Å². The Labute approximate surface area is 205 Å². The lowest BCUT2D eigenvalue weighted by atomic mass is 9.68. The quantitative estimate of drug-likeness (QED) is 0.496. The van der Waals surface area contributed by atoms with E-state index < -0.39 is 30.4 Å². The number of hydrogen-bond acceptors (Lipinski definition) is 4. The van der Waals surface area contributed by atoms with Crippen LogP contribution in [0.4, 0.5) is 4.79 Å². The number of benzene rings is 2. The Kier molecular flexibility index (Phi) is 6.75. The molecule has 0 saturated heterocycles. The molecule has 1 unspecified atom stereocenters. The van der Waals surface area contributed by atoms with Crippen molar-refractivity contribution in [2.24, 2.45) is 11.8 Å². The van der Waals surface area contributed by atoms with Crippen molar-refractivity contribution >= 4 is 18.0 Å². The Morgan fingerprint density at radius 2 is 1.40 bits per heavy atom. The van der Waals surface area contributed by atoms with E-state index in [9.17, 15) is 19.5 Å². The summed E-state index contributed by atoms with van der Waals surface area (Å²) in [6.45, 7) is 0.105. The summed E-state index contributed by atoms with van der Waals surface area (Å²) in [6.07, 6.45) is 5.42. The zero-order valence-corrected chi connectivity index (χ0v) is 19.7. The maximum Gasteiger partial charge on any atom is 0.407 e. The van der Waals surface area contributed by atoms with E-state index in [1.807, 2.05) is 36.4 Å². The van der Waals surface area contributed by atoms with E-state index in [1.165, 1.54) is 12.8 Å². The maximum atomic E-state index is 13.1. The van der Waals surface area contributed by atoms with Crippen LogP contribution in [0.1, 0.15) is 62.0 Å². The largest absolute Gasteiger partial charge is 0.481 e. The molecule has 0 radical (unpaired) electrons. The van der Waals surface area contributed by atoms with Crippen LogP contribution in [0.5, 0.6) is 0 Å². The fraction of sp³-hybridized carbons (Fsp3) is 0.464. The number of carboxylic acid groups (broad SMARTS) is 1. The molecule has 2 saturated carbocycles. The molecule has 184 valence electrons. The van der Waals surface area contributed by atoms with Crippen molar-refractivity contribution in [1.29, 1.82) is 0 Å². The minimum atomic E-state index is -1.18. The topological polar surface area (TPSA) is 105 Å². The number of rotatable bonds is 9. The molecule has 2 aromatic carbocycles. The van der Waals surface area contributed by atoms with Crippen molar-refractivity contribution < 1.29 is 24.2 Å². The third-order valence-corrected chi connectivity index (χ3v) is 7.96. The first-order chi connectivity index (χ1) is 17.0. The van der Waals surface area contributed by atoms with E-state index in [4.69, 9.17) is 4.74 Å². The van der Waals surface area contributed by atoms with Gasteiger partial charge in [-0.2, -0.15) is 0 Å². The van der Waals surface area contributed by atoms with Gasteiger partial charge in [0.25, 0.3) is 0 Å². The van der Waals surface area contributed by atoms with Gasteiger partial charge in [0, 0.05) is 12.0 Å². The average molecular weight is 477 g/mol. The molecule has 35 heavy (non-hydrogen) atoms. The smallest absolute Gasteiger partial charge is 0.407 e. The minimum absolute atomic E-state index is 0.0607. The molecular formula is C28H32N2O5. The normalized spacial score (nSPS) is 18.1. The first-order valence-corrected chi connectivity index (χ1v) is 12.6. The molecule has 0 spiro atoms. The number of hydrogen-bond donors (Lipinski definition) is 3. The Morgan fingerprint density at radius 1 is 0.857 bits per heavy atom. The van der Waals surface area contributed by atoms with Crippen LogP contribution >= 0.6 is 0 Å². The first-order valence-electron chi connectivity index (χ1n) is 12.6. The van der Waals surface area contributed by atoms with Crippen LogP contribution in [0.3, 0.4) is 0 Å². The summed E-state index contributed by atoms with van der Waals surface area (Å²) in [5, 5.41) is 15.0. The SMILES string of the molecule is O=C(O)CC(NC(=O)OCC1c2ccccc2-c2ccccc21)C(=O)NC(C1CCC1)C1CCC1. The lowest BCUT2D eigenvalue weighted by Crippen LogP contribution is -2.55. The number of aliphatic carboxylic acids is 1. The highest BCUT2D eigenvalue weighted by Gasteiger charge is 2.38. The van der Waals surface area contributed by atoms with Crippen molar-refractivity contribution in [3.05, 3.63) is 59.7 Å². The highest BCUT2D eigenvalue weighted by atomic mass is 16.5. The standard InChI is InChI=1S/C28H32N2O5/c31-25(32)15-24(27(33)30-26(17-7-5-8-17)18-9-6-10-18)29-28(34)35-16-23-21-13-3-1-11-19(21)20-12-2-4-14-22(20)23/h1-4,11-14,17-18,23-24,26H,5-10,15-16H2,(H,29,34)(H,30,33)(H,31,32). The molecule has 1 atom stereocenters. The molecule has 0 aliphatic heterocycles. The van der Waals surface area contributed by atoms with Gasteiger partial charge >= 0.3 is 12.1 Å². The van der Waals surface area contributed by atoms with Gasteiger partial charge in [0.15, 0.2) is 0 Å². The summed E-state index contributed by atoms with van der Waals surface area (Å²) < 4.78 is 5.54. The number of amides is 2. The minimum Gasteiger partial charge on any atom is -0.481 e. The monoisotopic (exact) mass is 476 g/mol. The number of ether oxygens (including phenoxy) is 1. The number of fused-ring (bicyclic) bond motifs is 3. The molecule has 5 rings (SSSR count). The molecule has 0 heterocycles. The Morgan fingerprint density at radius 3 is 1.89 bits per heavy atom. The van der Waals surface area contributed by atoms with Gasteiger partial charge < -0.3 is 20.5 Å². The molecule has 7 heteroatoms. The van der Waals surface area contributed by atoms with E-state index in [1.54, 1.807) is 0 Å². The van der Waals surface area contributed by atoms with Gasteiger partial charge in [0.2, 0.25) is 5.91 Å². The lowest BCUT2D eigenvalue weighted by molar-refractivity contribution is -0.140. The van der Waals surface area contributed by atoms with Gasteiger partial charge in [-0.05, 0) is 59.8 Å². The van der Waals surface area contributed by atoms with Gasteiger partial charge in [0.05, 0.1) is 6.42 Å². The molecule has 3 N–H and O–H groups in total. The Balaban J connectivity index is 1.23. The predicted molar refractivity (Wildman–Crippen MR) is 131 cm³/mol. The van der Waals surface area contributed by atoms with Crippen LogP contribution in [0.2, 0.25) is 0 Å². The second-order valence-electron chi connectivity index (χ2n) is 10.0. The molecule has 0 bridgehead atoms. The van der Waals surface area contributed by atoms with Crippen LogP contribution < -0.4 is 10.6 Å². The molecule has 7 nitrogen and oxygen atoms in total. The first kappa shape index (κ1) is 23.4. The fourth-order valence-corrected chi connectivity index (χ4v) is 5.65. The van der Waals surface area contributed by atoms with Gasteiger partial charge in [-0.1, -0.05) is 61.4 Å². The summed E-state index contributed by atoms with van der Waals surface area (Å²) in [5.41, 5.74) is 4.42. The molecule has 2 aromatic rings. The predicted octanol–water partition coefficient (Wildman–Crippen LogP) is 4.45. The molecular weight excluding hydrogens is 444 g/mol. The number of nitrogens with one attached hydrogen (secondary N) is 2. The van der Waals surface area contributed by atoms with Gasteiger partial charge in [-0.15, -0.1) is 0 Å². The zero-order valence-electron chi connectivity index (χ0n) is 19.7. The van der Waals surface area contributed by atoms with Crippen LogP contribution in [0.25, 0.3) is 11.1 Å². The lowest BCUT2D eigenvalue weighted by Gasteiger charge is -2.43. The van der Waals surface area contributed by atoms with Crippen molar-refractivity contribution in [3.8, 4) is 11.1 Å². The molecule has 3 aliphatic carbocycles. The van der Waals surface area contributed by atoms with Crippen molar-refractivity contribution in [3.63, 3.8) is 0 Å². The average Bonchev–Trinajstić information content (AvgIpc) is 3.08. The Hall–Kier alpha value is -3.35. The van der Waals surface area contributed by atoms with Gasteiger partial charge in [0.1, 0.15) is 12.6 Å². The van der Waals surface area contributed by atoms with Crippen molar-refractivity contribution in [1.82, 2.24) is 10.6 Å². The number of carboxylic acids is 1. The number of carbonyl (C=O) groups excluding carboxylic acids is 2. The second kappa shape index (κ2) is 10.1. The van der Waals surface area contributed by atoms with Crippen LogP contribution in [-0.4, -0.2) is 41.8 Å². The highest BCUT2D eigenvalue weighted by molar-refractivity contribution is 5.89. The summed E-state index contributed by atoms with van der Waals surface area (Å²) >= 11 is 0. The van der Waals surface area contributed by atoms with Gasteiger partial charge in [-0.25, -0.2) is 4.79 Å². The van der Waals surface area contributed by atoms with Gasteiger partial charge in [-0.3, -0.25) is 9.59 Å². The van der Waals surface area contributed by atoms with E-state index >= 15 is 0 Å². The van der Waals surface area contributed by atoms with Crippen LogP contribution in [0.15, 0.2) is 48.5 Å². The number of carbonyl (C=O) groups is 3. The van der Waals surface area contributed by atoms with Crippen molar-refractivity contribution in [2.45, 2.75) is 62.9 Å². The Bertz CT molecular complexity index is 1050. The molecule has 3 aliphatic rings. The highest BCUT2D eigenvalue weighted by Crippen LogP contribution is 2.44. The van der Waals surface area contributed by atoms with E-state index in [2.05, 4.69) is 22.8 Å². The molecule has 0 aromatic heterocycles. The van der Waals surface area contributed by atoms with E-state index in [0.717, 1.165) is 47.9 Å². The van der Waals surface area contributed by atoms with E-state index in [0.29, 0.717) is 11.8 Å².